The van der Waals surface area contributed by atoms with Gasteiger partial charge in [-0.3, -0.25) is 0 Å². The monoisotopic (exact) mass is 305 g/mol. The summed E-state index contributed by atoms with van der Waals surface area (Å²) in [5, 5.41) is 0.735. The van der Waals surface area contributed by atoms with Crippen molar-refractivity contribution < 1.29 is 0 Å². The maximum Gasteiger partial charge on any atom is 0.148 e. The van der Waals surface area contributed by atoms with Crippen molar-refractivity contribution in [3.05, 3.63) is 46.2 Å². The third-order valence-electron chi connectivity index (χ3n) is 3.29. The van der Waals surface area contributed by atoms with Gasteiger partial charge < -0.3 is 10.3 Å². The van der Waals surface area contributed by atoms with Crippen LogP contribution < -0.4 is 16.2 Å². The number of rotatable bonds is 5. The van der Waals surface area contributed by atoms with Crippen LogP contribution in [0.1, 0.15) is 23.9 Å². The summed E-state index contributed by atoms with van der Waals surface area (Å²) in [4.78, 5) is 11.1. The van der Waals surface area contributed by atoms with Gasteiger partial charge in [0.25, 0.3) is 0 Å². The molecule has 1 heterocycles. The first-order valence-electron chi connectivity index (χ1n) is 6.84. The zero-order chi connectivity index (χ0) is 15.4. The molecule has 0 amide bonds. The van der Waals surface area contributed by atoms with Gasteiger partial charge in [-0.25, -0.2) is 15.8 Å². The van der Waals surface area contributed by atoms with Gasteiger partial charge in [-0.15, -0.1) is 0 Å². The number of anilines is 2. The van der Waals surface area contributed by atoms with E-state index in [1.54, 1.807) is 0 Å². The molecule has 2 rings (SSSR count). The van der Waals surface area contributed by atoms with Gasteiger partial charge >= 0.3 is 0 Å². The van der Waals surface area contributed by atoms with Crippen LogP contribution in [0.25, 0.3) is 0 Å². The molecule has 0 saturated carbocycles. The van der Waals surface area contributed by atoms with Gasteiger partial charge in [0.1, 0.15) is 17.5 Å². The molecule has 0 aliphatic heterocycles. The molecule has 0 spiro atoms. The topological polar surface area (TPSA) is 67.1 Å². The van der Waals surface area contributed by atoms with Crippen molar-refractivity contribution in [2.45, 2.75) is 26.8 Å². The maximum atomic E-state index is 6.03. The second kappa shape index (κ2) is 6.74. The van der Waals surface area contributed by atoms with E-state index in [2.05, 4.69) is 20.3 Å². The Morgan fingerprint density at radius 2 is 2.10 bits per heavy atom. The van der Waals surface area contributed by atoms with Crippen molar-refractivity contribution in [3.63, 3.8) is 0 Å². The minimum atomic E-state index is 0.662. The predicted octanol–water partition coefficient (Wildman–Crippen LogP) is 2.92. The van der Waals surface area contributed by atoms with Crippen LogP contribution in [0.4, 0.5) is 11.6 Å². The fourth-order valence-electron chi connectivity index (χ4n) is 2.20. The highest BCUT2D eigenvalue weighted by atomic mass is 35.5. The van der Waals surface area contributed by atoms with E-state index < -0.39 is 0 Å². The minimum Gasteiger partial charge on any atom is -0.355 e. The maximum absolute atomic E-state index is 6.03. The first kappa shape index (κ1) is 15.5. The van der Waals surface area contributed by atoms with Gasteiger partial charge in [0, 0.05) is 30.6 Å². The Balaban J connectivity index is 2.32. The Bertz CT molecular complexity index is 629. The number of aromatic nitrogens is 2. The molecule has 21 heavy (non-hydrogen) atoms. The standard InChI is InChI=1S/C15H20ClN5/c1-4-13-18-14(20-17)10(2)15(19-13)21(3)9-11-6-5-7-12(16)8-11/h5-8H,4,9,17H2,1-3H3,(H,18,19,20). The summed E-state index contributed by atoms with van der Waals surface area (Å²) in [5.74, 6) is 7.84. The molecule has 1 aromatic carbocycles. The summed E-state index contributed by atoms with van der Waals surface area (Å²) in [6.45, 7) is 4.69. The smallest absolute Gasteiger partial charge is 0.148 e. The van der Waals surface area contributed by atoms with Gasteiger partial charge in [-0.1, -0.05) is 30.7 Å². The lowest BCUT2D eigenvalue weighted by Gasteiger charge is -2.22. The summed E-state index contributed by atoms with van der Waals surface area (Å²) in [7, 11) is 2.00. The van der Waals surface area contributed by atoms with Crippen molar-refractivity contribution in [2.24, 2.45) is 5.84 Å². The van der Waals surface area contributed by atoms with Crippen LogP contribution in [0, 0.1) is 6.92 Å². The van der Waals surface area contributed by atoms with Crippen LogP contribution in [0.2, 0.25) is 5.02 Å². The molecular formula is C15H20ClN5. The van der Waals surface area contributed by atoms with Gasteiger partial charge in [0.2, 0.25) is 0 Å². The van der Waals surface area contributed by atoms with E-state index in [1.165, 1.54) is 0 Å². The molecule has 5 nitrogen and oxygen atoms in total. The average molecular weight is 306 g/mol. The van der Waals surface area contributed by atoms with E-state index >= 15 is 0 Å². The van der Waals surface area contributed by atoms with Crippen molar-refractivity contribution in [3.8, 4) is 0 Å². The van der Waals surface area contributed by atoms with Crippen LogP contribution in [0.3, 0.4) is 0 Å². The Morgan fingerprint density at radius 1 is 1.33 bits per heavy atom. The zero-order valence-electron chi connectivity index (χ0n) is 12.5. The number of nitrogen functional groups attached to an aromatic ring is 1. The Kier molecular flexibility index (Phi) is 4.98. The summed E-state index contributed by atoms with van der Waals surface area (Å²) >= 11 is 6.03. The molecular weight excluding hydrogens is 286 g/mol. The molecule has 112 valence electrons. The molecule has 0 radical (unpaired) electrons. The Labute approximate surface area is 130 Å². The second-order valence-electron chi connectivity index (χ2n) is 4.92. The van der Waals surface area contributed by atoms with Crippen LogP contribution in [0.5, 0.6) is 0 Å². The number of halogens is 1. The molecule has 0 aliphatic rings. The summed E-state index contributed by atoms with van der Waals surface area (Å²) in [6.07, 6.45) is 0.757. The quantitative estimate of drug-likeness (QED) is 0.657. The molecule has 0 aliphatic carbocycles. The predicted molar refractivity (Wildman–Crippen MR) is 87.5 cm³/mol. The van der Waals surface area contributed by atoms with E-state index in [0.29, 0.717) is 12.4 Å². The minimum absolute atomic E-state index is 0.662. The molecule has 1 aromatic heterocycles. The van der Waals surface area contributed by atoms with Crippen LogP contribution in [-0.2, 0) is 13.0 Å². The van der Waals surface area contributed by atoms with E-state index in [4.69, 9.17) is 17.4 Å². The van der Waals surface area contributed by atoms with Crippen molar-refractivity contribution >= 4 is 23.2 Å². The fraction of sp³-hybridized carbons (Fsp3) is 0.333. The number of hydrazine groups is 1. The van der Waals surface area contributed by atoms with Gasteiger partial charge in [0.05, 0.1) is 0 Å². The summed E-state index contributed by atoms with van der Waals surface area (Å²) in [6, 6.07) is 7.81. The van der Waals surface area contributed by atoms with Crippen molar-refractivity contribution in [1.82, 2.24) is 9.97 Å². The van der Waals surface area contributed by atoms with Gasteiger partial charge in [0.15, 0.2) is 0 Å². The first-order valence-corrected chi connectivity index (χ1v) is 7.22. The number of hydrogen-bond acceptors (Lipinski definition) is 5. The molecule has 0 bridgehead atoms. The van der Waals surface area contributed by atoms with E-state index in [0.717, 1.165) is 34.2 Å². The molecule has 0 fully saturated rings. The highest BCUT2D eigenvalue weighted by Gasteiger charge is 2.13. The lowest BCUT2D eigenvalue weighted by atomic mass is 10.2. The zero-order valence-corrected chi connectivity index (χ0v) is 13.3. The van der Waals surface area contributed by atoms with Gasteiger partial charge in [-0.05, 0) is 24.6 Å². The van der Waals surface area contributed by atoms with Crippen molar-refractivity contribution in [1.29, 1.82) is 0 Å². The van der Waals surface area contributed by atoms with Crippen LogP contribution >= 0.6 is 11.6 Å². The van der Waals surface area contributed by atoms with Gasteiger partial charge in [-0.2, -0.15) is 0 Å². The van der Waals surface area contributed by atoms with E-state index in [1.807, 2.05) is 45.2 Å². The third kappa shape index (κ3) is 3.62. The highest BCUT2D eigenvalue weighted by Crippen LogP contribution is 2.24. The molecule has 0 saturated heterocycles. The molecule has 3 N–H and O–H groups in total. The Hall–Kier alpha value is -1.85. The van der Waals surface area contributed by atoms with Crippen LogP contribution in [0.15, 0.2) is 24.3 Å². The van der Waals surface area contributed by atoms with Crippen LogP contribution in [-0.4, -0.2) is 17.0 Å². The van der Waals surface area contributed by atoms with E-state index in [9.17, 15) is 0 Å². The third-order valence-corrected chi connectivity index (χ3v) is 3.52. The SMILES string of the molecule is CCc1nc(NN)c(C)c(N(C)Cc2cccc(Cl)c2)n1. The van der Waals surface area contributed by atoms with E-state index in [-0.39, 0.29) is 0 Å². The number of benzene rings is 1. The first-order chi connectivity index (χ1) is 10.0. The normalized spacial score (nSPS) is 10.5. The molecule has 0 unspecified atom stereocenters. The second-order valence-corrected chi connectivity index (χ2v) is 5.36. The Morgan fingerprint density at radius 3 is 2.71 bits per heavy atom. The fourth-order valence-corrected chi connectivity index (χ4v) is 2.42. The lowest BCUT2D eigenvalue weighted by molar-refractivity contribution is 0.849. The number of nitrogens with two attached hydrogens (primary N) is 1. The number of hydrogen-bond donors (Lipinski definition) is 2. The molecule has 0 atom stereocenters. The summed E-state index contributed by atoms with van der Waals surface area (Å²) in [5.41, 5.74) is 4.70. The molecule has 2 aromatic rings. The highest BCUT2D eigenvalue weighted by molar-refractivity contribution is 6.30. The number of aryl methyl sites for hydroxylation is 1. The largest absolute Gasteiger partial charge is 0.355 e. The average Bonchev–Trinajstić information content (AvgIpc) is 2.47. The molecule has 6 heteroatoms. The van der Waals surface area contributed by atoms with Crippen molar-refractivity contribution in [2.75, 3.05) is 17.4 Å². The number of nitrogens with one attached hydrogen (secondary N) is 1. The summed E-state index contributed by atoms with van der Waals surface area (Å²) < 4.78 is 0. The lowest BCUT2D eigenvalue weighted by Crippen LogP contribution is -2.22. The number of nitrogens with zero attached hydrogens (tertiary/aromatic N) is 3.